The van der Waals surface area contributed by atoms with E-state index in [4.69, 9.17) is 4.74 Å². The molecule has 24 heavy (non-hydrogen) atoms. The molecule has 0 spiro atoms. The molecule has 3 rings (SSSR count). The summed E-state index contributed by atoms with van der Waals surface area (Å²) in [4.78, 5) is 27.4. The first kappa shape index (κ1) is 16.4. The van der Waals surface area contributed by atoms with E-state index in [0.717, 1.165) is 17.3 Å². The highest BCUT2D eigenvalue weighted by molar-refractivity contribution is 9.10. The second-order valence-corrected chi connectivity index (χ2v) is 6.40. The van der Waals surface area contributed by atoms with Gasteiger partial charge in [-0.15, -0.1) is 0 Å². The lowest BCUT2D eigenvalue weighted by molar-refractivity contribution is -0.125. The molecule has 2 N–H and O–H groups in total. The molecular formula is C17H16BrN3O3. The van der Waals surface area contributed by atoms with Gasteiger partial charge in [0.1, 0.15) is 5.75 Å². The van der Waals surface area contributed by atoms with Crippen LogP contribution in [0, 0.1) is 5.92 Å². The Kier molecular flexibility index (Phi) is 5.10. The minimum absolute atomic E-state index is 0.0361. The zero-order chi connectivity index (χ0) is 16.9. The van der Waals surface area contributed by atoms with Crippen LogP contribution in [0.1, 0.15) is 12.8 Å². The molecule has 2 amide bonds. The number of halogens is 1. The van der Waals surface area contributed by atoms with Crippen molar-refractivity contribution in [1.82, 2.24) is 10.3 Å². The lowest BCUT2D eigenvalue weighted by atomic mass is 10.3. The third-order valence-corrected chi connectivity index (χ3v) is 3.90. The third-order valence-electron chi connectivity index (χ3n) is 3.41. The van der Waals surface area contributed by atoms with E-state index in [1.54, 1.807) is 12.1 Å². The Bertz CT molecular complexity index is 745. The minimum Gasteiger partial charge on any atom is -0.439 e. The summed E-state index contributed by atoms with van der Waals surface area (Å²) in [5.41, 5.74) is 0.544. The van der Waals surface area contributed by atoms with Crippen LogP contribution in [-0.2, 0) is 9.59 Å². The number of aromatic nitrogens is 1. The SMILES string of the molecule is O=C(CNC(=O)C1CC1)Nc1ccc(Oc2cccc(Br)c2)nc1. The van der Waals surface area contributed by atoms with Crippen LogP contribution >= 0.6 is 15.9 Å². The fourth-order valence-corrected chi connectivity index (χ4v) is 2.41. The molecule has 1 fully saturated rings. The summed E-state index contributed by atoms with van der Waals surface area (Å²) < 4.78 is 6.53. The van der Waals surface area contributed by atoms with Crippen LogP contribution in [0.5, 0.6) is 11.6 Å². The first-order valence-corrected chi connectivity index (χ1v) is 8.36. The Hall–Kier alpha value is -2.41. The zero-order valence-corrected chi connectivity index (χ0v) is 14.4. The highest BCUT2D eigenvalue weighted by Crippen LogP contribution is 2.28. The average molecular weight is 390 g/mol. The van der Waals surface area contributed by atoms with Gasteiger partial charge in [0, 0.05) is 16.5 Å². The zero-order valence-electron chi connectivity index (χ0n) is 12.8. The lowest BCUT2D eigenvalue weighted by Crippen LogP contribution is -2.33. The van der Waals surface area contributed by atoms with Gasteiger partial charge in [-0.25, -0.2) is 4.98 Å². The van der Waals surface area contributed by atoms with Crippen molar-refractivity contribution in [1.29, 1.82) is 0 Å². The Morgan fingerprint density at radius 1 is 1.25 bits per heavy atom. The summed E-state index contributed by atoms with van der Waals surface area (Å²) in [6.45, 7) is -0.0361. The molecule has 1 aromatic heterocycles. The molecule has 0 saturated heterocycles. The van der Waals surface area contributed by atoms with Gasteiger partial charge in [-0.1, -0.05) is 22.0 Å². The van der Waals surface area contributed by atoms with E-state index >= 15 is 0 Å². The highest BCUT2D eigenvalue weighted by atomic mass is 79.9. The molecule has 1 saturated carbocycles. The van der Waals surface area contributed by atoms with Crippen LogP contribution in [0.2, 0.25) is 0 Å². The number of ether oxygens (including phenoxy) is 1. The van der Waals surface area contributed by atoms with E-state index in [-0.39, 0.29) is 24.3 Å². The number of carbonyl (C=O) groups excluding carboxylic acids is 2. The van der Waals surface area contributed by atoms with Gasteiger partial charge >= 0.3 is 0 Å². The predicted molar refractivity (Wildman–Crippen MR) is 92.8 cm³/mol. The van der Waals surface area contributed by atoms with Crippen LogP contribution in [0.3, 0.4) is 0 Å². The molecule has 1 heterocycles. The topological polar surface area (TPSA) is 80.3 Å². The molecule has 1 aliphatic carbocycles. The smallest absolute Gasteiger partial charge is 0.243 e. The predicted octanol–water partition coefficient (Wildman–Crippen LogP) is 3.10. The van der Waals surface area contributed by atoms with Gasteiger partial charge in [0.15, 0.2) is 0 Å². The van der Waals surface area contributed by atoms with Crippen molar-refractivity contribution in [3.8, 4) is 11.6 Å². The number of amides is 2. The van der Waals surface area contributed by atoms with Gasteiger partial charge in [-0.2, -0.15) is 0 Å². The number of pyridine rings is 1. The number of carbonyl (C=O) groups is 2. The number of benzene rings is 1. The van der Waals surface area contributed by atoms with Crippen molar-refractivity contribution in [2.75, 3.05) is 11.9 Å². The maximum absolute atomic E-state index is 11.8. The van der Waals surface area contributed by atoms with Crippen molar-refractivity contribution < 1.29 is 14.3 Å². The molecule has 0 atom stereocenters. The van der Waals surface area contributed by atoms with Crippen molar-refractivity contribution in [2.45, 2.75) is 12.8 Å². The summed E-state index contributed by atoms with van der Waals surface area (Å²) in [5, 5.41) is 5.29. The van der Waals surface area contributed by atoms with Gasteiger partial charge in [0.2, 0.25) is 17.7 Å². The highest BCUT2D eigenvalue weighted by Gasteiger charge is 2.29. The van der Waals surface area contributed by atoms with E-state index in [1.165, 1.54) is 6.20 Å². The molecule has 0 unspecified atom stereocenters. The molecule has 7 heteroatoms. The number of nitrogens with one attached hydrogen (secondary N) is 2. The first-order valence-electron chi connectivity index (χ1n) is 7.57. The number of anilines is 1. The van der Waals surface area contributed by atoms with E-state index in [1.807, 2.05) is 24.3 Å². The van der Waals surface area contributed by atoms with Crippen LogP contribution in [0.15, 0.2) is 47.1 Å². The number of hydrogen-bond donors (Lipinski definition) is 2. The number of nitrogens with zero attached hydrogens (tertiary/aromatic N) is 1. The normalized spacial score (nSPS) is 13.2. The van der Waals surface area contributed by atoms with Crippen molar-refractivity contribution in [3.05, 3.63) is 47.1 Å². The molecule has 1 aromatic carbocycles. The van der Waals surface area contributed by atoms with Crippen LogP contribution < -0.4 is 15.4 Å². The quantitative estimate of drug-likeness (QED) is 0.795. The Morgan fingerprint density at radius 2 is 2.08 bits per heavy atom. The second kappa shape index (κ2) is 7.44. The second-order valence-electron chi connectivity index (χ2n) is 5.48. The summed E-state index contributed by atoms with van der Waals surface area (Å²) in [6, 6.07) is 10.8. The summed E-state index contributed by atoms with van der Waals surface area (Å²) in [6.07, 6.45) is 3.33. The van der Waals surface area contributed by atoms with Gasteiger partial charge in [0.25, 0.3) is 0 Å². The van der Waals surface area contributed by atoms with Crippen LogP contribution in [0.25, 0.3) is 0 Å². The molecule has 124 valence electrons. The van der Waals surface area contributed by atoms with E-state index in [9.17, 15) is 9.59 Å². The van der Waals surface area contributed by atoms with Crippen molar-refractivity contribution in [3.63, 3.8) is 0 Å². The summed E-state index contributed by atoms with van der Waals surface area (Å²) >= 11 is 3.37. The molecule has 0 aliphatic heterocycles. The molecule has 0 radical (unpaired) electrons. The maximum Gasteiger partial charge on any atom is 0.243 e. The molecule has 2 aromatic rings. The standard InChI is InChI=1S/C17H16BrN3O3/c18-12-2-1-3-14(8-12)24-16-7-6-13(9-19-16)21-15(22)10-20-17(23)11-4-5-11/h1-3,6-9,11H,4-5,10H2,(H,20,23)(H,21,22). The first-order chi connectivity index (χ1) is 11.6. The summed E-state index contributed by atoms with van der Waals surface area (Å²) in [7, 11) is 0. The van der Waals surface area contributed by atoms with Crippen molar-refractivity contribution in [2.24, 2.45) is 5.92 Å². The van der Waals surface area contributed by atoms with Crippen LogP contribution in [0.4, 0.5) is 5.69 Å². The van der Waals surface area contributed by atoms with E-state index in [2.05, 4.69) is 31.5 Å². The molecule has 6 nitrogen and oxygen atoms in total. The fraction of sp³-hybridized carbons (Fsp3) is 0.235. The van der Waals surface area contributed by atoms with Crippen molar-refractivity contribution >= 4 is 33.4 Å². The van der Waals surface area contributed by atoms with Gasteiger partial charge in [0.05, 0.1) is 18.4 Å². The van der Waals surface area contributed by atoms with Gasteiger partial charge in [-0.3, -0.25) is 9.59 Å². The Labute approximate surface area is 147 Å². The van der Waals surface area contributed by atoms with Crippen LogP contribution in [-0.4, -0.2) is 23.3 Å². The Balaban J connectivity index is 1.50. The molecular weight excluding hydrogens is 374 g/mol. The lowest BCUT2D eigenvalue weighted by Gasteiger charge is -2.08. The average Bonchev–Trinajstić information content (AvgIpc) is 3.39. The van der Waals surface area contributed by atoms with Gasteiger partial charge in [-0.05, 0) is 37.1 Å². The largest absolute Gasteiger partial charge is 0.439 e. The van der Waals surface area contributed by atoms with E-state index < -0.39 is 0 Å². The van der Waals surface area contributed by atoms with E-state index in [0.29, 0.717) is 17.3 Å². The monoisotopic (exact) mass is 389 g/mol. The Morgan fingerprint density at radius 3 is 2.75 bits per heavy atom. The number of rotatable bonds is 6. The third kappa shape index (κ3) is 4.79. The number of hydrogen-bond acceptors (Lipinski definition) is 4. The van der Waals surface area contributed by atoms with Gasteiger partial charge < -0.3 is 15.4 Å². The molecule has 0 bridgehead atoms. The fourth-order valence-electron chi connectivity index (χ4n) is 2.03. The summed E-state index contributed by atoms with van der Waals surface area (Å²) in [5.74, 6) is 0.839. The minimum atomic E-state index is -0.286. The molecule has 1 aliphatic rings. The maximum atomic E-state index is 11.8.